The lowest BCUT2D eigenvalue weighted by molar-refractivity contribution is -0.133. The second-order valence-corrected chi connectivity index (χ2v) is 8.48. The van der Waals surface area contributed by atoms with Crippen LogP contribution in [0.4, 0.5) is 0 Å². The predicted octanol–water partition coefficient (Wildman–Crippen LogP) is 2.22. The second kappa shape index (κ2) is 9.92. The summed E-state index contributed by atoms with van der Waals surface area (Å²) in [5, 5.41) is 5.92. The number of methoxy groups -OCH3 is 1. The Morgan fingerprint density at radius 1 is 1.16 bits per heavy atom. The zero-order chi connectivity index (χ0) is 22.5. The van der Waals surface area contributed by atoms with Crippen molar-refractivity contribution in [3.63, 3.8) is 0 Å². The fourth-order valence-corrected chi connectivity index (χ4v) is 4.20. The lowest BCUT2D eigenvalue weighted by atomic mass is 10.2. The zero-order valence-electron chi connectivity index (χ0n) is 18.1. The van der Waals surface area contributed by atoms with Crippen LogP contribution in [0.2, 0.25) is 0 Å². The Hall–Kier alpha value is -3.24. The number of thiophene rings is 1. The topological polar surface area (TPSA) is 92.0 Å². The monoisotopic (exact) mass is 455 g/mol. The average molecular weight is 456 g/mol. The molecule has 3 aromatic rings. The van der Waals surface area contributed by atoms with E-state index < -0.39 is 0 Å². The fraction of sp³-hybridized carbons (Fsp3) is 0.364. The van der Waals surface area contributed by atoms with E-state index >= 15 is 0 Å². The molecule has 0 atom stereocenters. The summed E-state index contributed by atoms with van der Waals surface area (Å²) in [5.41, 5.74) is 0.859. The number of likely N-dealkylation sites (N-methyl/N-ethyl adjacent to an activating group) is 1. The lowest BCUT2D eigenvalue weighted by Crippen LogP contribution is -2.51. The molecule has 0 aliphatic carbocycles. The van der Waals surface area contributed by atoms with E-state index in [1.807, 2.05) is 35.7 Å². The van der Waals surface area contributed by atoms with Gasteiger partial charge in [-0.3, -0.25) is 14.5 Å². The Kier molecular flexibility index (Phi) is 6.81. The van der Waals surface area contributed by atoms with E-state index in [1.54, 1.807) is 25.1 Å². The molecule has 10 heteroatoms. The summed E-state index contributed by atoms with van der Waals surface area (Å²) in [6.45, 7) is 3.20. The van der Waals surface area contributed by atoms with E-state index in [1.165, 1.54) is 16.2 Å². The van der Waals surface area contributed by atoms with Crippen LogP contribution in [-0.4, -0.2) is 83.5 Å². The Bertz CT molecular complexity index is 1040. The van der Waals surface area contributed by atoms with Gasteiger partial charge in [0.1, 0.15) is 5.75 Å². The van der Waals surface area contributed by atoms with Crippen LogP contribution in [0.1, 0.15) is 15.6 Å². The summed E-state index contributed by atoms with van der Waals surface area (Å²) in [6, 6.07) is 11.1. The van der Waals surface area contributed by atoms with Crippen LogP contribution in [0, 0.1) is 0 Å². The number of carbonyl (C=O) groups excluding carboxylic acids is 2. The van der Waals surface area contributed by atoms with Gasteiger partial charge in [0.15, 0.2) is 0 Å². The van der Waals surface area contributed by atoms with Crippen molar-refractivity contribution in [3.05, 3.63) is 52.5 Å². The number of rotatable bonds is 7. The van der Waals surface area contributed by atoms with Gasteiger partial charge in [-0.05, 0) is 35.7 Å². The molecular weight excluding hydrogens is 430 g/mol. The second-order valence-electron chi connectivity index (χ2n) is 7.54. The fourth-order valence-electron chi connectivity index (χ4n) is 3.49. The van der Waals surface area contributed by atoms with Crippen molar-refractivity contribution in [2.75, 3.05) is 46.9 Å². The molecule has 0 N–H and O–H groups in total. The molecule has 168 valence electrons. The van der Waals surface area contributed by atoms with E-state index in [0.717, 1.165) is 11.3 Å². The molecule has 1 fully saturated rings. The van der Waals surface area contributed by atoms with Crippen molar-refractivity contribution >= 4 is 23.2 Å². The largest absolute Gasteiger partial charge is 0.497 e. The highest BCUT2D eigenvalue weighted by Gasteiger charge is 2.25. The average Bonchev–Trinajstić information content (AvgIpc) is 3.52. The van der Waals surface area contributed by atoms with Gasteiger partial charge in [0, 0.05) is 38.8 Å². The van der Waals surface area contributed by atoms with Gasteiger partial charge >= 0.3 is 0 Å². The highest BCUT2D eigenvalue weighted by atomic mass is 32.1. The molecule has 3 heterocycles. The normalized spacial score (nSPS) is 14.4. The number of aromatic nitrogens is 2. The number of ether oxygens (including phenoxy) is 1. The third-order valence-corrected chi connectivity index (χ3v) is 6.21. The Morgan fingerprint density at radius 3 is 2.56 bits per heavy atom. The molecule has 1 saturated heterocycles. The van der Waals surface area contributed by atoms with E-state index in [9.17, 15) is 9.59 Å². The first-order valence-electron chi connectivity index (χ1n) is 10.3. The van der Waals surface area contributed by atoms with Crippen LogP contribution in [0.3, 0.4) is 0 Å². The number of hydrogen-bond acceptors (Lipinski definition) is 8. The van der Waals surface area contributed by atoms with Crippen LogP contribution in [0.5, 0.6) is 5.75 Å². The summed E-state index contributed by atoms with van der Waals surface area (Å²) < 4.78 is 10.6. The van der Waals surface area contributed by atoms with Crippen molar-refractivity contribution in [2.24, 2.45) is 0 Å². The van der Waals surface area contributed by atoms with Crippen molar-refractivity contribution in [1.82, 2.24) is 24.8 Å². The Balaban J connectivity index is 1.25. The molecule has 1 aromatic carbocycles. The minimum absolute atomic E-state index is 0.0448. The molecule has 0 bridgehead atoms. The van der Waals surface area contributed by atoms with Gasteiger partial charge in [-0.15, -0.1) is 11.3 Å². The van der Waals surface area contributed by atoms with Gasteiger partial charge in [0.05, 0.1) is 25.1 Å². The van der Waals surface area contributed by atoms with Gasteiger partial charge in [-0.25, -0.2) is 0 Å². The van der Waals surface area contributed by atoms with Crippen LogP contribution in [0.25, 0.3) is 11.4 Å². The lowest BCUT2D eigenvalue weighted by Gasteiger charge is -2.34. The summed E-state index contributed by atoms with van der Waals surface area (Å²) in [6.07, 6.45) is 0. The number of nitrogens with zero attached hydrogens (tertiary/aromatic N) is 5. The third-order valence-electron chi connectivity index (χ3n) is 5.35. The number of piperazine rings is 1. The van der Waals surface area contributed by atoms with E-state index in [0.29, 0.717) is 49.3 Å². The molecule has 1 aliphatic rings. The Morgan fingerprint density at radius 2 is 1.91 bits per heavy atom. The molecule has 0 spiro atoms. The van der Waals surface area contributed by atoms with Gasteiger partial charge in [0.2, 0.25) is 17.6 Å². The molecular formula is C22H25N5O4S. The van der Waals surface area contributed by atoms with Crippen molar-refractivity contribution in [1.29, 1.82) is 0 Å². The summed E-state index contributed by atoms with van der Waals surface area (Å²) in [4.78, 5) is 35.5. The molecule has 0 saturated carbocycles. The number of hydrogen-bond donors (Lipinski definition) is 0. The van der Waals surface area contributed by atoms with Crippen molar-refractivity contribution in [2.45, 2.75) is 6.54 Å². The first-order chi connectivity index (χ1) is 15.5. The maximum Gasteiger partial charge on any atom is 0.264 e. The Labute approximate surface area is 190 Å². The van der Waals surface area contributed by atoms with Crippen LogP contribution < -0.4 is 4.74 Å². The quantitative estimate of drug-likeness (QED) is 0.539. The minimum Gasteiger partial charge on any atom is -0.497 e. The third kappa shape index (κ3) is 5.14. The number of amides is 2. The van der Waals surface area contributed by atoms with Gasteiger partial charge < -0.3 is 19.1 Å². The van der Waals surface area contributed by atoms with Gasteiger partial charge in [-0.2, -0.15) is 4.98 Å². The maximum absolute atomic E-state index is 12.6. The van der Waals surface area contributed by atoms with E-state index in [-0.39, 0.29) is 18.4 Å². The van der Waals surface area contributed by atoms with E-state index in [4.69, 9.17) is 9.26 Å². The van der Waals surface area contributed by atoms with Crippen LogP contribution in [-0.2, 0) is 11.3 Å². The highest BCUT2D eigenvalue weighted by Crippen LogP contribution is 2.20. The highest BCUT2D eigenvalue weighted by molar-refractivity contribution is 7.12. The van der Waals surface area contributed by atoms with Crippen LogP contribution >= 0.6 is 11.3 Å². The molecule has 2 amide bonds. The SMILES string of the molecule is COc1ccc(-c2noc(CN3CCN(C(=O)CN(C)C(=O)c4cccs4)CC3)n2)cc1. The molecule has 4 rings (SSSR count). The van der Waals surface area contributed by atoms with Gasteiger partial charge in [-0.1, -0.05) is 11.2 Å². The first kappa shape index (κ1) is 22.0. The molecule has 0 radical (unpaired) electrons. The molecule has 2 aromatic heterocycles. The summed E-state index contributed by atoms with van der Waals surface area (Å²) in [5.74, 6) is 1.67. The molecule has 0 unspecified atom stereocenters. The van der Waals surface area contributed by atoms with E-state index in [2.05, 4.69) is 15.0 Å². The molecule has 1 aliphatic heterocycles. The maximum atomic E-state index is 12.6. The number of benzene rings is 1. The van der Waals surface area contributed by atoms with Crippen molar-refractivity contribution in [3.8, 4) is 17.1 Å². The summed E-state index contributed by atoms with van der Waals surface area (Å²) >= 11 is 1.38. The molecule has 9 nitrogen and oxygen atoms in total. The smallest absolute Gasteiger partial charge is 0.264 e. The van der Waals surface area contributed by atoms with Crippen LogP contribution in [0.15, 0.2) is 46.3 Å². The summed E-state index contributed by atoms with van der Waals surface area (Å²) in [7, 11) is 3.28. The first-order valence-corrected chi connectivity index (χ1v) is 11.2. The predicted molar refractivity (Wildman–Crippen MR) is 119 cm³/mol. The van der Waals surface area contributed by atoms with Gasteiger partial charge in [0.25, 0.3) is 5.91 Å². The zero-order valence-corrected chi connectivity index (χ0v) is 18.9. The van der Waals surface area contributed by atoms with Crippen molar-refractivity contribution < 1.29 is 18.8 Å². The minimum atomic E-state index is -0.129. The molecule has 32 heavy (non-hydrogen) atoms. The number of carbonyl (C=O) groups is 2. The standard InChI is InChI=1S/C22H25N5O4S/c1-25(22(29)18-4-3-13-32-18)15-20(28)27-11-9-26(10-12-27)14-19-23-21(24-31-19)16-5-7-17(30-2)8-6-16/h3-8,13H,9-12,14-15H2,1-2H3.